The fourth-order valence-corrected chi connectivity index (χ4v) is 1.97. The summed E-state index contributed by atoms with van der Waals surface area (Å²) < 4.78 is 10.8. The number of methoxy groups -OCH3 is 1. The molecule has 0 saturated carbocycles. The van der Waals surface area contributed by atoms with Crippen LogP contribution in [-0.4, -0.2) is 26.9 Å². The second-order valence-corrected chi connectivity index (χ2v) is 4.97. The first-order valence-electron chi connectivity index (χ1n) is 6.61. The van der Waals surface area contributed by atoms with Crippen LogP contribution in [0, 0.1) is 13.8 Å². The van der Waals surface area contributed by atoms with E-state index in [4.69, 9.17) is 9.47 Å². The number of benzene rings is 1. The largest absolute Gasteiger partial charge is 0.489 e. The summed E-state index contributed by atoms with van der Waals surface area (Å²) in [5, 5.41) is 3.35. The van der Waals surface area contributed by atoms with Crippen molar-refractivity contribution < 1.29 is 9.47 Å². The van der Waals surface area contributed by atoms with E-state index in [1.165, 1.54) is 16.7 Å². The minimum absolute atomic E-state index is 0.577. The minimum atomic E-state index is 0.577. The molecule has 0 spiro atoms. The van der Waals surface area contributed by atoms with Crippen molar-refractivity contribution in [1.29, 1.82) is 0 Å². The molecular formula is C16H25NO2. The molecule has 1 N–H and O–H groups in total. The lowest BCUT2D eigenvalue weighted by molar-refractivity contribution is 0.199. The predicted molar refractivity (Wildman–Crippen MR) is 79.8 cm³/mol. The molecule has 0 saturated heterocycles. The highest BCUT2D eigenvalue weighted by Crippen LogP contribution is 2.25. The molecule has 0 aliphatic rings. The van der Waals surface area contributed by atoms with Crippen LogP contribution in [0.25, 0.3) is 0 Å². The van der Waals surface area contributed by atoms with Crippen molar-refractivity contribution >= 4 is 0 Å². The van der Waals surface area contributed by atoms with Crippen LogP contribution >= 0.6 is 0 Å². The Bertz CT molecular complexity index is 404. The molecule has 3 heteroatoms. The van der Waals surface area contributed by atoms with Gasteiger partial charge in [-0.25, -0.2) is 0 Å². The van der Waals surface area contributed by atoms with Crippen molar-refractivity contribution in [3.63, 3.8) is 0 Å². The van der Waals surface area contributed by atoms with Gasteiger partial charge in [-0.3, -0.25) is 0 Å². The summed E-state index contributed by atoms with van der Waals surface area (Å²) in [5.74, 6) is 0.976. The number of hydrogen-bond donors (Lipinski definition) is 1. The van der Waals surface area contributed by atoms with Gasteiger partial charge in [0, 0.05) is 20.2 Å². The molecule has 19 heavy (non-hydrogen) atoms. The van der Waals surface area contributed by atoms with E-state index in [0.29, 0.717) is 6.61 Å². The minimum Gasteiger partial charge on any atom is -0.489 e. The van der Waals surface area contributed by atoms with E-state index < -0.39 is 0 Å². The third kappa shape index (κ3) is 5.45. The zero-order valence-corrected chi connectivity index (χ0v) is 12.5. The van der Waals surface area contributed by atoms with Crippen LogP contribution in [0.15, 0.2) is 24.3 Å². The summed E-state index contributed by atoms with van der Waals surface area (Å²) in [6, 6.07) is 4.33. The molecule has 0 bridgehead atoms. The van der Waals surface area contributed by atoms with E-state index in [1.807, 2.05) is 6.92 Å². The second kappa shape index (κ2) is 7.97. The number of ether oxygens (including phenoxy) is 2. The van der Waals surface area contributed by atoms with E-state index in [-0.39, 0.29) is 0 Å². The Labute approximate surface area is 116 Å². The molecule has 1 aromatic carbocycles. The van der Waals surface area contributed by atoms with Gasteiger partial charge in [0.05, 0.1) is 6.61 Å². The number of nitrogens with one attached hydrogen (secondary N) is 1. The molecule has 1 aromatic rings. The third-order valence-electron chi connectivity index (χ3n) is 2.80. The average Bonchev–Trinajstić information content (AvgIpc) is 2.33. The zero-order chi connectivity index (χ0) is 14.3. The Hall–Kier alpha value is -1.32. The predicted octanol–water partition coefficient (Wildman–Crippen LogP) is 2.99. The Kier molecular flexibility index (Phi) is 6.60. The van der Waals surface area contributed by atoms with Gasteiger partial charge < -0.3 is 14.8 Å². The van der Waals surface area contributed by atoms with Crippen LogP contribution in [0.5, 0.6) is 5.75 Å². The standard InChI is InChI=1S/C16H25NO2/c1-12(2)11-19-16-13(3)8-15(9-14(16)4)10-17-6-7-18-5/h8-9,17H,1,6-7,10-11H2,2-5H3. The van der Waals surface area contributed by atoms with Crippen molar-refractivity contribution in [1.82, 2.24) is 5.32 Å². The summed E-state index contributed by atoms with van der Waals surface area (Å²) in [6.07, 6.45) is 0. The van der Waals surface area contributed by atoms with Crippen molar-refractivity contribution in [2.45, 2.75) is 27.3 Å². The van der Waals surface area contributed by atoms with E-state index in [0.717, 1.165) is 31.0 Å². The van der Waals surface area contributed by atoms with Gasteiger partial charge in [0.2, 0.25) is 0 Å². The first-order valence-corrected chi connectivity index (χ1v) is 6.61. The van der Waals surface area contributed by atoms with Crippen LogP contribution in [0.4, 0.5) is 0 Å². The monoisotopic (exact) mass is 263 g/mol. The van der Waals surface area contributed by atoms with Crippen LogP contribution < -0.4 is 10.1 Å². The molecule has 0 unspecified atom stereocenters. The fourth-order valence-electron chi connectivity index (χ4n) is 1.97. The highest BCUT2D eigenvalue weighted by molar-refractivity contribution is 5.43. The molecule has 0 aromatic heterocycles. The first kappa shape index (κ1) is 15.7. The summed E-state index contributed by atoms with van der Waals surface area (Å²) in [5.41, 5.74) is 4.65. The van der Waals surface area contributed by atoms with Crippen LogP contribution in [0.1, 0.15) is 23.6 Å². The van der Waals surface area contributed by atoms with Gasteiger partial charge in [0.1, 0.15) is 12.4 Å². The van der Waals surface area contributed by atoms with Gasteiger partial charge >= 0.3 is 0 Å². The lowest BCUT2D eigenvalue weighted by Crippen LogP contribution is -2.18. The third-order valence-corrected chi connectivity index (χ3v) is 2.80. The van der Waals surface area contributed by atoms with Crippen molar-refractivity contribution in [2.75, 3.05) is 26.9 Å². The summed E-state index contributed by atoms with van der Waals surface area (Å²) in [7, 11) is 1.71. The normalized spacial score (nSPS) is 10.5. The highest BCUT2D eigenvalue weighted by Gasteiger charge is 2.06. The quantitative estimate of drug-likeness (QED) is 0.578. The SMILES string of the molecule is C=C(C)COc1c(C)cc(CNCCOC)cc1C. The summed E-state index contributed by atoms with van der Waals surface area (Å²) in [4.78, 5) is 0. The summed E-state index contributed by atoms with van der Waals surface area (Å²) in [6.45, 7) is 13.0. The van der Waals surface area contributed by atoms with Crippen molar-refractivity contribution in [2.24, 2.45) is 0 Å². The molecule has 106 valence electrons. The Morgan fingerprint density at radius 2 is 1.89 bits per heavy atom. The Balaban J connectivity index is 2.65. The molecule has 0 heterocycles. The molecule has 0 fully saturated rings. The maximum absolute atomic E-state index is 5.79. The first-order chi connectivity index (χ1) is 9.04. The van der Waals surface area contributed by atoms with E-state index in [2.05, 4.69) is 37.9 Å². The average molecular weight is 263 g/mol. The van der Waals surface area contributed by atoms with Gasteiger partial charge in [0.15, 0.2) is 0 Å². The van der Waals surface area contributed by atoms with Gasteiger partial charge in [-0.2, -0.15) is 0 Å². The van der Waals surface area contributed by atoms with Crippen molar-refractivity contribution in [3.8, 4) is 5.75 Å². The van der Waals surface area contributed by atoms with E-state index >= 15 is 0 Å². The van der Waals surface area contributed by atoms with E-state index in [1.54, 1.807) is 7.11 Å². The Morgan fingerprint density at radius 1 is 1.26 bits per heavy atom. The fraction of sp³-hybridized carbons (Fsp3) is 0.500. The lowest BCUT2D eigenvalue weighted by Gasteiger charge is -2.14. The molecule has 0 radical (unpaired) electrons. The molecule has 0 atom stereocenters. The maximum Gasteiger partial charge on any atom is 0.125 e. The zero-order valence-electron chi connectivity index (χ0n) is 12.5. The second-order valence-electron chi connectivity index (χ2n) is 4.97. The van der Waals surface area contributed by atoms with Gasteiger partial charge in [-0.1, -0.05) is 18.7 Å². The van der Waals surface area contributed by atoms with Crippen molar-refractivity contribution in [3.05, 3.63) is 41.0 Å². The number of rotatable bonds is 8. The lowest BCUT2D eigenvalue weighted by atomic mass is 10.1. The molecule has 1 rings (SSSR count). The molecular weight excluding hydrogens is 238 g/mol. The van der Waals surface area contributed by atoms with Crippen LogP contribution in [0.2, 0.25) is 0 Å². The molecule has 0 aliphatic heterocycles. The molecule has 3 nitrogen and oxygen atoms in total. The smallest absolute Gasteiger partial charge is 0.125 e. The highest BCUT2D eigenvalue weighted by atomic mass is 16.5. The topological polar surface area (TPSA) is 30.5 Å². The molecule has 0 aliphatic carbocycles. The van der Waals surface area contributed by atoms with Gasteiger partial charge in [-0.15, -0.1) is 0 Å². The van der Waals surface area contributed by atoms with Crippen LogP contribution in [0.3, 0.4) is 0 Å². The number of hydrogen-bond acceptors (Lipinski definition) is 3. The maximum atomic E-state index is 5.79. The van der Waals surface area contributed by atoms with E-state index in [9.17, 15) is 0 Å². The van der Waals surface area contributed by atoms with Crippen LogP contribution in [-0.2, 0) is 11.3 Å². The summed E-state index contributed by atoms with van der Waals surface area (Å²) >= 11 is 0. The Morgan fingerprint density at radius 3 is 2.42 bits per heavy atom. The number of aryl methyl sites for hydroxylation is 2. The molecule has 0 amide bonds. The van der Waals surface area contributed by atoms with Gasteiger partial charge in [-0.05, 0) is 43.0 Å². The van der Waals surface area contributed by atoms with Gasteiger partial charge in [0.25, 0.3) is 0 Å².